The Morgan fingerprint density at radius 1 is 1.00 bits per heavy atom. The lowest BCUT2D eigenvalue weighted by atomic mass is 9.79. The van der Waals surface area contributed by atoms with E-state index in [1.807, 2.05) is 45.9 Å². The van der Waals surface area contributed by atoms with Crippen LogP contribution in [-0.4, -0.2) is 28.1 Å². The number of aromatic nitrogens is 2. The van der Waals surface area contributed by atoms with Crippen LogP contribution in [-0.2, 0) is 14.7 Å². The van der Waals surface area contributed by atoms with Gasteiger partial charge in [-0.2, -0.15) is 9.78 Å². The molecule has 0 bridgehead atoms. The Bertz CT molecular complexity index is 1210. The van der Waals surface area contributed by atoms with E-state index in [2.05, 4.69) is 25.9 Å². The smallest absolute Gasteiger partial charge is 0.399 e. The average Bonchev–Trinajstić information content (AvgIpc) is 2.88. The molecule has 2 aromatic carbocycles. The molecule has 5 nitrogen and oxygen atoms in total. The van der Waals surface area contributed by atoms with Crippen LogP contribution in [0.15, 0.2) is 47.4 Å². The van der Waals surface area contributed by atoms with Crippen LogP contribution in [0, 0.1) is 5.82 Å². The monoisotopic (exact) mass is 422 g/mol. The summed E-state index contributed by atoms with van der Waals surface area (Å²) in [5, 5.41) is 5.61. The van der Waals surface area contributed by atoms with E-state index < -0.39 is 24.1 Å². The summed E-state index contributed by atoms with van der Waals surface area (Å²) in [6.07, 6.45) is 1.64. The van der Waals surface area contributed by atoms with E-state index in [0.717, 1.165) is 10.9 Å². The Morgan fingerprint density at radius 2 is 1.65 bits per heavy atom. The van der Waals surface area contributed by atoms with Crippen molar-refractivity contribution < 1.29 is 13.7 Å². The van der Waals surface area contributed by atoms with E-state index in [9.17, 15) is 9.18 Å². The molecule has 0 saturated carbocycles. The van der Waals surface area contributed by atoms with Gasteiger partial charge in [0.05, 0.1) is 28.5 Å². The van der Waals surface area contributed by atoms with Crippen molar-refractivity contribution in [3.05, 3.63) is 64.3 Å². The number of rotatable bonds is 2. The fourth-order valence-corrected chi connectivity index (χ4v) is 3.63. The lowest BCUT2D eigenvalue weighted by Crippen LogP contribution is -2.41. The molecule has 31 heavy (non-hydrogen) atoms. The minimum atomic E-state index is -0.732. The highest BCUT2D eigenvalue weighted by Gasteiger charge is 2.51. The molecule has 0 spiro atoms. The van der Waals surface area contributed by atoms with Crippen LogP contribution in [0.5, 0.6) is 0 Å². The number of fused-ring (bicyclic) bond motifs is 1. The highest BCUT2D eigenvalue weighted by Crippen LogP contribution is 2.36. The molecule has 1 aliphatic rings. The van der Waals surface area contributed by atoms with Gasteiger partial charge in [0.1, 0.15) is 5.82 Å². The highest BCUT2D eigenvalue weighted by atomic mass is 19.1. The summed E-state index contributed by atoms with van der Waals surface area (Å²) in [4.78, 5) is 13.2. The molecule has 1 aromatic heterocycles. The van der Waals surface area contributed by atoms with E-state index in [1.165, 1.54) is 16.8 Å². The fourth-order valence-electron chi connectivity index (χ4n) is 3.63. The van der Waals surface area contributed by atoms with Crippen LogP contribution >= 0.6 is 0 Å². The van der Waals surface area contributed by atoms with Gasteiger partial charge in [0.15, 0.2) is 0 Å². The zero-order valence-electron chi connectivity index (χ0n) is 19.1. The van der Waals surface area contributed by atoms with Gasteiger partial charge in [-0.3, -0.25) is 4.79 Å². The summed E-state index contributed by atoms with van der Waals surface area (Å²) in [7, 11) is -0.732. The maximum Gasteiger partial charge on any atom is 0.495 e. The molecule has 0 aliphatic carbocycles. The normalized spacial score (nSPS) is 18.0. The molecule has 162 valence electrons. The van der Waals surface area contributed by atoms with Crippen molar-refractivity contribution in [2.24, 2.45) is 0 Å². The summed E-state index contributed by atoms with van der Waals surface area (Å²) in [6, 6.07) is 10.1. The molecule has 0 amide bonds. The lowest BCUT2D eigenvalue weighted by Gasteiger charge is -2.32. The predicted octanol–water partition coefficient (Wildman–Crippen LogP) is 4.12. The van der Waals surface area contributed by atoms with Gasteiger partial charge in [-0.15, -0.1) is 0 Å². The Morgan fingerprint density at radius 3 is 2.26 bits per heavy atom. The van der Waals surface area contributed by atoms with Gasteiger partial charge < -0.3 is 9.31 Å². The van der Waals surface area contributed by atoms with Crippen molar-refractivity contribution in [1.82, 2.24) is 9.78 Å². The van der Waals surface area contributed by atoms with E-state index in [4.69, 9.17) is 9.31 Å². The van der Waals surface area contributed by atoms with Crippen LogP contribution in [0.4, 0.5) is 4.39 Å². The topological polar surface area (TPSA) is 53.4 Å². The third-order valence-corrected chi connectivity index (χ3v) is 6.33. The highest BCUT2D eigenvalue weighted by molar-refractivity contribution is 6.62. The van der Waals surface area contributed by atoms with Gasteiger partial charge in [0, 0.05) is 5.39 Å². The lowest BCUT2D eigenvalue weighted by molar-refractivity contribution is 0.00578. The molecule has 1 aliphatic heterocycles. The van der Waals surface area contributed by atoms with Gasteiger partial charge in [-0.25, -0.2) is 4.39 Å². The van der Waals surface area contributed by atoms with Crippen LogP contribution < -0.4 is 11.0 Å². The maximum absolute atomic E-state index is 14.5. The number of benzene rings is 2. The minimum absolute atomic E-state index is 0.0383. The Hall–Kier alpha value is -2.51. The number of hydrogen-bond acceptors (Lipinski definition) is 4. The third-order valence-electron chi connectivity index (χ3n) is 6.33. The minimum Gasteiger partial charge on any atom is -0.399 e. The Labute approximate surface area is 182 Å². The molecule has 0 unspecified atom stereocenters. The molecule has 0 N–H and O–H groups in total. The first-order valence-corrected chi connectivity index (χ1v) is 10.5. The van der Waals surface area contributed by atoms with Crippen molar-refractivity contribution in [1.29, 1.82) is 0 Å². The van der Waals surface area contributed by atoms with Crippen LogP contribution in [0.3, 0.4) is 0 Å². The second kappa shape index (κ2) is 7.00. The third kappa shape index (κ3) is 3.81. The summed E-state index contributed by atoms with van der Waals surface area (Å²) >= 11 is 0. The molecule has 4 rings (SSSR count). The summed E-state index contributed by atoms with van der Waals surface area (Å²) in [5.74, 6) is -0.487. The largest absolute Gasteiger partial charge is 0.495 e. The van der Waals surface area contributed by atoms with Gasteiger partial charge in [0.25, 0.3) is 5.56 Å². The first kappa shape index (κ1) is 21.7. The zero-order chi connectivity index (χ0) is 22.8. The summed E-state index contributed by atoms with van der Waals surface area (Å²) < 4.78 is 27.8. The van der Waals surface area contributed by atoms with Crippen molar-refractivity contribution in [3.8, 4) is 5.69 Å². The standard InChI is InChI=1S/C24H28BFN2O3/c1-22(2,3)16-8-9-20-15(10-16)14-27-28(21(20)29)19-12-17(11-18(26)13-19)25-30-23(4,5)24(6,7)31-25/h8-14H,1-7H3. The van der Waals surface area contributed by atoms with E-state index >= 15 is 0 Å². The van der Waals surface area contributed by atoms with Crippen molar-refractivity contribution in [2.45, 2.75) is 65.1 Å². The maximum atomic E-state index is 14.5. The predicted molar refractivity (Wildman–Crippen MR) is 122 cm³/mol. The molecule has 0 atom stereocenters. The van der Waals surface area contributed by atoms with Crippen LogP contribution in [0.25, 0.3) is 16.5 Å². The first-order valence-electron chi connectivity index (χ1n) is 10.5. The molecule has 3 aromatic rings. The van der Waals surface area contributed by atoms with Crippen molar-refractivity contribution in [3.63, 3.8) is 0 Å². The van der Waals surface area contributed by atoms with Crippen molar-refractivity contribution >= 4 is 23.4 Å². The summed E-state index contributed by atoms with van der Waals surface area (Å²) in [6.45, 7) is 14.1. The quantitative estimate of drug-likeness (QED) is 0.583. The fraction of sp³-hybridized carbons (Fsp3) is 0.417. The van der Waals surface area contributed by atoms with Gasteiger partial charge in [-0.05, 0) is 74.5 Å². The van der Waals surface area contributed by atoms with E-state index in [0.29, 0.717) is 16.5 Å². The van der Waals surface area contributed by atoms with E-state index in [1.54, 1.807) is 12.3 Å². The van der Waals surface area contributed by atoms with E-state index in [-0.39, 0.29) is 11.0 Å². The SMILES string of the molecule is CC(C)(C)c1ccc2c(=O)n(-c3cc(F)cc(B4OC(C)(C)C(C)(C)O4)c3)ncc2c1. The van der Waals surface area contributed by atoms with Crippen LogP contribution in [0.2, 0.25) is 0 Å². The molecule has 7 heteroatoms. The molecule has 1 fully saturated rings. The first-order chi connectivity index (χ1) is 14.3. The second-order valence-corrected chi connectivity index (χ2v) is 10.2. The van der Waals surface area contributed by atoms with Gasteiger partial charge >= 0.3 is 7.12 Å². The summed E-state index contributed by atoms with van der Waals surface area (Å²) in [5.41, 5.74) is 0.515. The Kier molecular flexibility index (Phi) is 4.91. The number of halogens is 1. The molecule has 0 radical (unpaired) electrons. The average molecular weight is 422 g/mol. The second-order valence-electron chi connectivity index (χ2n) is 10.2. The zero-order valence-corrected chi connectivity index (χ0v) is 19.1. The number of nitrogens with zero attached hydrogens (tertiary/aromatic N) is 2. The Balaban J connectivity index is 1.78. The molecular weight excluding hydrogens is 394 g/mol. The number of hydrogen-bond donors (Lipinski definition) is 0. The molecule has 1 saturated heterocycles. The van der Waals surface area contributed by atoms with Gasteiger partial charge in [-0.1, -0.05) is 26.8 Å². The van der Waals surface area contributed by atoms with Crippen LogP contribution in [0.1, 0.15) is 54.0 Å². The van der Waals surface area contributed by atoms with Crippen molar-refractivity contribution in [2.75, 3.05) is 0 Å². The molecular formula is C24H28BFN2O3. The van der Waals surface area contributed by atoms with Gasteiger partial charge in [0.2, 0.25) is 0 Å². The molecule has 2 heterocycles.